The summed E-state index contributed by atoms with van der Waals surface area (Å²) in [5, 5.41) is 8.25. The van der Waals surface area contributed by atoms with Gasteiger partial charge in [0.05, 0.1) is 0 Å². The Kier molecular flexibility index (Phi) is 608. The molecule has 0 fully saturated rings. The van der Waals surface area contributed by atoms with E-state index in [1.54, 1.807) is 6.92 Å². The van der Waals surface area contributed by atoms with E-state index in [2.05, 4.69) is 6.92 Å². The van der Waals surface area contributed by atoms with Crippen LogP contribution in [0, 0.1) is 6.92 Å². The normalized spacial score (nSPS) is 2.40. The zero-order chi connectivity index (χ0) is 4.00. The van der Waals surface area contributed by atoms with Crippen LogP contribution >= 0.6 is 0 Å². The van der Waals surface area contributed by atoms with Gasteiger partial charge in [0, 0.05) is 0 Å². The Morgan fingerprint density at radius 3 is 1.20 bits per heavy atom. The molecule has 0 unspecified atom stereocenters. The molecule has 0 aromatic carbocycles. The summed E-state index contributed by atoms with van der Waals surface area (Å²) < 4.78 is 0. The fourth-order valence-electron chi connectivity index (χ4n) is 0. The molecule has 0 aliphatic carbocycles. The van der Waals surface area contributed by atoms with E-state index in [4.69, 9.17) is 5.11 Å². The van der Waals surface area contributed by atoms with Crippen molar-refractivity contribution in [3.8, 4) is 0 Å². The van der Waals surface area contributed by atoms with E-state index in [-0.39, 0.29) is 19.5 Å². The van der Waals surface area contributed by atoms with Gasteiger partial charge in [-0.05, 0) is 0 Å². The maximum Gasteiger partial charge on any atom is 2.00 e. The van der Waals surface area contributed by atoms with Crippen molar-refractivity contribution in [3.05, 3.63) is 6.92 Å². The van der Waals surface area contributed by atoms with Gasteiger partial charge in [0.1, 0.15) is 0 Å². The summed E-state index contributed by atoms with van der Waals surface area (Å²) in [6.07, 6.45) is 0. The molecule has 2 heteroatoms. The molecular weight excluding hydrogens is 117 g/mol. The van der Waals surface area contributed by atoms with Crippen molar-refractivity contribution >= 4 is 0 Å². The van der Waals surface area contributed by atoms with Gasteiger partial charge < -0.3 is 12.0 Å². The third-order valence-electron chi connectivity index (χ3n) is 0. The van der Waals surface area contributed by atoms with Crippen molar-refractivity contribution in [1.29, 1.82) is 0 Å². The van der Waals surface area contributed by atoms with E-state index in [9.17, 15) is 0 Å². The number of hydrogen-bond acceptors (Lipinski definition) is 1. The fraction of sp³-hybridized carbons (Fsp3) is 0.667. The van der Waals surface area contributed by atoms with E-state index in [1.807, 2.05) is 0 Å². The van der Waals surface area contributed by atoms with Crippen LogP contribution in [0.3, 0.4) is 0 Å². The van der Waals surface area contributed by atoms with Gasteiger partial charge in [-0.1, -0.05) is 0 Å². The molecule has 0 amide bonds. The van der Waals surface area contributed by atoms with Gasteiger partial charge in [-0.25, -0.2) is 0 Å². The molecule has 0 aromatic heterocycles. The number of hydrogen-bond donors (Lipinski definition) is 0. The van der Waals surface area contributed by atoms with Gasteiger partial charge in [-0.2, -0.15) is 14.0 Å². The standard InChI is InChI=1S/C2H5.CH3O.Zn/c2*1-2;/h1H2,2H3;1H3;/q2*-1;+2. The van der Waals surface area contributed by atoms with Crippen LogP contribution in [0.2, 0.25) is 0 Å². The van der Waals surface area contributed by atoms with Crippen LogP contribution in [0.15, 0.2) is 0 Å². The summed E-state index contributed by atoms with van der Waals surface area (Å²) >= 11 is 0. The molecule has 0 atom stereocenters. The second kappa shape index (κ2) is 173. The quantitative estimate of drug-likeness (QED) is 0.325. The Labute approximate surface area is 46.2 Å². The summed E-state index contributed by atoms with van der Waals surface area (Å²) in [6, 6.07) is 0. The van der Waals surface area contributed by atoms with Gasteiger partial charge in [-0.3, -0.25) is 0 Å². The minimum atomic E-state index is 0. The van der Waals surface area contributed by atoms with Crippen LogP contribution in [-0.4, -0.2) is 7.11 Å². The molecule has 0 saturated heterocycles. The van der Waals surface area contributed by atoms with E-state index >= 15 is 0 Å². The molecule has 0 radical (unpaired) electrons. The Morgan fingerprint density at radius 1 is 1.20 bits per heavy atom. The molecule has 0 heterocycles. The minimum Gasteiger partial charge on any atom is -0.857 e. The van der Waals surface area contributed by atoms with Crippen molar-refractivity contribution in [2.45, 2.75) is 6.92 Å². The average Bonchev–Trinajstić information content (AvgIpc) is 1.50. The first-order valence-corrected chi connectivity index (χ1v) is 1.12. The largest absolute Gasteiger partial charge is 2.00 e. The fourth-order valence-corrected chi connectivity index (χ4v) is 0. The van der Waals surface area contributed by atoms with Crippen LogP contribution in [0.1, 0.15) is 6.92 Å². The van der Waals surface area contributed by atoms with Crippen LogP contribution in [0.4, 0.5) is 0 Å². The maximum atomic E-state index is 8.25. The third kappa shape index (κ3) is 89.9. The molecule has 0 aromatic rings. The first-order valence-electron chi connectivity index (χ1n) is 1.12. The van der Waals surface area contributed by atoms with Gasteiger partial charge in [-0.15, -0.1) is 0 Å². The van der Waals surface area contributed by atoms with Crippen LogP contribution in [0.25, 0.3) is 0 Å². The summed E-state index contributed by atoms with van der Waals surface area (Å²) in [4.78, 5) is 0. The van der Waals surface area contributed by atoms with Crippen molar-refractivity contribution < 1.29 is 24.6 Å². The minimum absolute atomic E-state index is 0. The molecule has 0 aliphatic rings. The molecule has 0 rings (SSSR count). The van der Waals surface area contributed by atoms with Gasteiger partial charge in [0.25, 0.3) is 0 Å². The Hall–Kier alpha value is 0.583. The molecule has 0 saturated carbocycles. The predicted molar refractivity (Wildman–Crippen MR) is 17.0 cm³/mol. The molecule has 1 nitrogen and oxygen atoms in total. The van der Waals surface area contributed by atoms with Crippen molar-refractivity contribution in [3.63, 3.8) is 0 Å². The molecule has 0 aliphatic heterocycles. The van der Waals surface area contributed by atoms with E-state index in [0.29, 0.717) is 0 Å². The first-order chi connectivity index (χ1) is 2.00. The first kappa shape index (κ1) is 17.6. The summed E-state index contributed by atoms with van der Waals surface area (Å²) in [5.74, 6) is 0. The second-order valence-corrected chi connectivity index (χ2v) is 0. The van der Waals surface area contributed by atoms with Crippen molar-refractivity contribution in [2.75, 3.05) is 7.11 Å². The van der Waals surface area contributed by atoms with Gasteiger partial charge >= 0.3 is 19.5 Å². The summed E-state index contributed by atoms with van der Waals surface area (Å²) in [7, 11) is 0.750. The SMILES string of the molecule is C[O-].[CH2-]C.[Zn+2]. The zero-order valence-electron chi connectivity index (χ0n) is 3.82. The third-order valence-corrected chi connectivity index (χ3v) is 0. The summed E-state index contributed by atoms with van der Waals surface area (Å²) in [6.45, 7) is 5.00. The van der Waals surface area contributed by atoms with Crippen LogP contribution in [0.5, 0.6) is 0 Å². The monoisotopic (exact) mass is 124 g/mol. The van der Waals surface area contributed by atoms with E-state index in [0.717, 1.165) is 7.11 Å². The maximum absolute atomic E-state index is 8.25. The zero-order valence-corrected chi connectivity index (χ0v) is 6.79. The molecule has 0 N–H and O–H groups in total. The molecule has 28 valence electrons. The van der Waals surface area contributed by atoms with Crippen LogP contribution in [-0.2, 0) is 19.5 Å². The molecule has 0 bridgehead atoms. The van der Waals surface area contributed by atoms with E-state index in [1.165, 1.54) is 0 Å². The van der Waals surface area contributed by atoms with Gasteiger partial charge in [0.15, 0.2) is 0 Å². The Morgan fingerprint density at radius 2 is 1.20 bits per heavy atom. The second-order valence-electron chi connectivity index (χ2n) is 0. The average molecular weight is 125 g/mol. The molecular formula is C3H8OZn. The topological polar surface area (TPSA) is 23.1 Å². The Balaban J connectivity index is -0.0000000133. The number of rotatable bonds is 0. The van der Waals surface area contributed by atoms with E-state index < -0.39 is 0 Å². The Bertz CT molecular complexity index is 6.85. The smallest absolute Gasteiger partial charge is 0.857 e. The predicted octanol–water partition coefficient (Wildman–Crippen LogP) is -0.186. The summed E-state index contributed by atoms with van der Waals surface area (Å²) in [5.41, 5.74) is 0. The molecule has 0 spiro atoms. The van der Waals surface area contributed by atoms with Crippen molar-refractivity contribution in [1.82, 2.24) is 0 Å². The van der Waals surface area contributed by atoms with Crippen LogP contribution < -0.4 is 5.11 Å². The van der Waals surface area contributed by atoms with Crippen molar-refractivity contribution in [2.24, 2.45) is 0 Å². The van der Waals surface area contributed by atoms with Gasteiger partial charge in [0.2, 0.25) is 0 Å². The molecule has 5 heavy (non-hydrogen) atoms.